The van der Waals surface area contributed by atoms with Crippen LogP contribution in [0.5, 0.6) is 11.5 Å². The first-order valence-corrected chi connectivity index (χ1v) is 10.7. The van der Waals surface area contributed by atoms with Crippen molar-refractivity contribution >= 4 is 5.91 Å². The highest BCUT2D eigenvalue weighted by Crippen LogP contribution is 2.39. The second-order valence-corrected chi connectivity index (χ2v) is 8.38. The highest BCUT2D eigenvalue weighted by Gasteiger charge is 2.42. The first kappa shape index (κ1) is 19.3. The number of hydrogen-bond acceptors (Lipinski definition) is 6. The summed E-state index contributed by atoms with van der Waals surface area (Å²) in [5, 5.41) is 2.99. The van der Waals surface area contributed by atoms with Gasteiger partial charge in [-0.2, -0.15) is 0 Å². The van der Waals surface area contributed by atoms with Crippen LogP contribution in [0.25, 0.3) is 0 Å². The van der Waals surface area contributed by atoms with Gasteiger partial charge in [-0.25, -0.2) is 0 Å². The molecule has 2 saturated heterocycles. The molecule has 2 aromatic rings. The summed E-state index contributed by atoms with van der Waals surface area (Å²) >= 11 is 0. The summed E-state index contributed by atoms with van der Waals surface area (Å²) in [6.45, 7) is 3.81. The summed E-state index contributed by atoms with van der Waals surface area (Å²) in [7, 11) is 0. The fourth-order valence-corrected chi connectivity index (χ4v) is 4.63. The summed E-state index contributed by atoms with van der Waals surface area (Å²) in [4.78, 5) is 18.7. The standard InChI is InChI=1S/C23H27N3O4/c27-22(18-2-1-9-24-13-18)25-14-19-5-6-23(30-19)7-10-26(11-8-23)15-17-3-4-20-21(12-17)29-16-28-20/h1-4,9,12-13,19H,5-8,10-11,14-16H2,(H,25,27)/t19-/m0/s1. The molecule has 5 rings (SSSR count). The van der Waals surface area contributed by atoms with Gasteiger partial charge in [0, 0.05) is 38.6 Å². The van der Waals surface area contributed by atoms with Crippen LogP contribution in [0.15, 0.2) is 42.7 Å². The van der Waals surface area contributed by atoms with Crippen molar-refractivity contribution < 1.29 is 19.0 Å². The molecular weight excluding hydrogens is 382 g/mol. The molecule has 1 N–H and O–H groups in total. The van der Waals surface area contributed by atoms with E-state index >= 15 is 0 Å². The normalized spacial score (nSPS) is 22.3. The van der Waals surface area contributed by atoms with Crippen molar-refractivity contribution in [2.45, 2.75) is 43.9 Å². The molecule has 1 aromatic heterocycles. The van der Waals surface area contributed by atoms with Crippen LogP contribution in [0.2, 0.25) is 0 Å². The summed E-state index contributed by atoms with van der Waals surface area (Å²) < 4.78 is 17.3. The van der Waals surface area contributed by atoms with E-state index in [-0.39, 0.29) is 17.6 Å². The minimum atomic E-state index is -0.0915. The average molecular weight is 409 g/mol. The third kappa shape index (κ3) is 4.13. The Hall–Kier alpha value is -2.64. The second kappa shape index (κ2) is 8.24. The van der Waals surface area contributed by atoms with Gasteiger partial charge in [0.05, 0.1) is 17.3 Å². The molecule has 7 heteroatoms. The summed E-state index contributed by atoms with van der Waals surface area (Å²) in [5.41, 5.74) is 1.80. The lowest BCUT2D eigenvalue weighted by molar-refractivity contribution is -0.0764. The molecule has 4 heterocycles. The lowest BCUT2D eigenvalue weighted by Crippen LogP contribution is -2.44. The van der Waals surface area contributed by atoms with Crippen molar-refractivity contribution in [3.05, 3.63) is 53.9 Å². The van der Waals surface area contributed by atoms with Crippen molar-refractivity contribution in [3.8, 4) is 11.5 Å². The quantitative estimate of drug-likeness (QED) is 0.819. The Morgan fingerprint density at radius 2 is 2.03 bits per heavy atom. The number of nitrogens with one attached hydrogen (secondary N) is 1. The van der Waals surface area contributed by atoms with Crippen LogP contribution in [0.1, 0.15) is 41.6 Å². The first-order valence-electron chi connectivity index (χ1n) is 10.7. The zero-order chi connectivity index (χ0) is 20.4. The van der Waals surface area contributed by atoms with Gasteiger partial charge in [0.15, 0.2) is 11.5 Å². The first-order chi connectivity index (χ1) is 14.7. The smallest absolute Gasteiger partial charge is 0.252 e. The molecule has 0 saturated carbocycles. The van der Waals surface area contributed by atoms with Crippen LogP contribution in [-0.4, -0.2) is 53.9 Å². The average Bonchev–Trinajstić information content (AvgIpc) is 3.41. The fourth-order valence-electron chi connectivity index (χ4n) is 4.63. The maximum Gasteiger partial charge on any atom is 0.252 e. The molecule has 0 unspecified atom stereocenters. The van der Waals surface area contributed by atoms with E-state index in [0.717, 1.165) is 56.8 Å². The Morgan fingerprint density at radius 3 is 2.87 bits per heavy atom. The number of hydrogen-bond donors (Lipinski definition) is 1. The van der Waals surface area contributed by atoms with Crippen LogP contribution >= 0.6 is 0 Å². The van der Waals surface area contributed by atoms with Gasteiger partial charge in [0.1, 0.15) is 0 Å². The lowest BCUT2D eigenvalue weighted by Gasteiger charge is -2.39. The maximum absolute atomic E-state index is 12.2. The predicted molar refractivity (Wildman–Crippen MR) is 110 cm³/mol. The van der Waals surface area contributed by atoms with Gasteiger partial charge in [-0.15, -0.1) is 0 Å². The Labute approximate surface area is 176 Å². The van der Waals surface area contributed by atoms with Gasteiger partial charge >= 0.3 is 0 Å². The maximum atomic E-state index is 12.2. The third-order valence-corrected chi connectivity index (χ3v) is 6.36. The van der Waals surface area contributed by atoms with Crippen molar-refractivity contribution in [3.63, 3.8) is 0 Å². The molecule has 30 heavy (non-hydrogen) atoms. The SMILES string of the molecule is O=C(NC[C@@H]1CCC2(CCN(Cc3ccc4c(c3)OCO4)CC2)O1)c1cccnc1. The van der Waals surface area contributed by atoms with Crippen LogP contribution in [0, 0.1) is 0 Å². The molecule has 2 fully saturated rings. The number of carbonyl (C=O) groups excluding carboxylic acids is 1. The number of ether oxygens (including phenoxy) is 3. The number of fused-ring (bicyclic) bond motifs is 1. The van der Waals surface area contributed by atoms with Crippen LogP contribution in [0.4, 0.5) is 0 Å². The van der Waals surface area contributed by atoms with Gasteiger partial charge in [0.25, 0.3) is 5.91 Å². The van der Waals surface area contributed by atoms with E-state index in [4.69, 9.17) is 14.2 Å². The molecule has 3 aliphatic heterocycles. The van der Waals surface area contributed by atoms with Crippen LogP contribution in [0.3, 0.4) is 0 Å². The monoisotopic (exact) mass is 409 g/mol. The topological polar surface area (TPSA) is 72.9 Å². The highest BCUT2D eigenvalue weighted by molar-refractivity contribution is 5.93. The number of aromatic nitrogens is 1. The summed E-state index contributed by atoms with van der Waals surface area (Å²) in [5.74, 6) is 1.58. The van der Waals surface area contributed by atoms with Crippen LogP contribution < -0.4 is 14.8 Å². The van der Waals surface area contributed by atoms with Crippen molar-refractivity contribution in [2.75, 3.05) is 26.4 Å². The Kier molecular flexibility index (Phi) is 5.31. The van der Waals surface area contributed by atoms with Gasteiger partial charge in [0.2, 0.25) is 6.79 Å². The number of likely N-dealkylation sites (tertiary alicyclic amines) is 1. The minimum Gasteiger partial charge on any atom is -0.454 e. The molecule has 1 amide bonds. The Morgan fingerprint density at radius 1 is 1.17 bits per heavy atom. The molecule has 3 aliphatic rings. The lowest BCUT2D eigenvalue weighted by atomic mass is 9.88. The van der Waals surface area contributed by atoms with Gasteiger partial charge in [-0.1, -0.05) is 6.07 Å². The molecule has 1 atom stereocenters. The minimum absolute atomic E-state index is 0.0327. The van der Waals surface area contributed by atoms with Crippen molar-refractivity contribution in [2.24, 2.45) is 0 Å². The molecule has 0 aliphatic carbocycles. The number of amides is 1. The zero-order valence-electron chi connectivity index (χ0n) is 17.0. The van der Waals surface area contributed by atoms with Gasteiger partial charge < -0.3 is 19.5 Å². The Bertz CT molecular complexity index is 897. The van der Waals surface area contributed by atoms with E-state index in [1.807, 2.05) is 6.07 Å². The molecule has 1 spiro atoms. The Balaban J connectivity index is 1.09. The number of piperidine rings is 1. The number of pyridine rings is 1. The molecular formula is C23H27N3O4. The number of nitrogens with zero attached hydrogens (tertiary/aromatic N) is 2. The molecule has 7 nitrogen and oxygen atoms in total. The van der Waals surface area contributed by atoms with Crippen molar-refractivity contribution in [1.82, 2.24) is 15.2 Å². The van der Waals surface area contributed by atoms with E-state index in [9.17, 15) is 4.79 Å². The highest BCUT2D eigenvalue weighted by atomic mass is 16.7. The molecule has 0 radical (unpaired) electrons. The molecule has 0 bridgehead atoms. The predicted octanol–water partition coefficient (Wildman–Crippen LogP) is 2.75. The van der Waals surface area contributed by atoms with Crippen LogP contribution in [-0.2, 0) is 11.3 Å². The molecule has 158 valence electrons. The van der Waals surface area contributed by atoms with E-state index in [0.29, 0.717) is 18.9 Å². The largest absolute Gasteiger partial charge is 0.454 e. The number of rotatable bonds is 5. The van der Waals surface area contributed by atoms with Gasteiger partial charge in [-0.05, 0) is 55.5 Å². The van der Waals surface area contributed by atoms with E-state index in [1.165, 1.54) is 5.56 Å². The van der Waals surface area contributed by atoms with E-state index < -0.39 is 0 Å². The fraction of sp³-hybridized carbons (Fsp3) is 0.478. The summed E-state index contributed by atoms with van der Waals surface area (Å²) in [6, 6.07) is 9.74. The molecule has 1 aromatic carbocycles. The number of benzene rings is 1. The van der Waals surface area contributed by atoms with Gasteiger partial charge in [-0.3, -0.25) is 14.7 Å². The van der Waals surface area contributed by atoms with Crippen molar-refractivity contribution in [1.29, 1.82) is 0 Å². The zero-order valence-corrected chi connectivity index (χ0v) is 17.0. The third-order valence-electron chi connectivity index (χ3n) is 6.36. The number of carbonyl (C=O) groups is 1. The van der Waals surface area contributed by atoms with E-state index in [1.54, 1.807) is 24.5 Å². The summed E-state index contributed by atoms with van der Waals surface area (Å²) in [6.07, 6.45) is 7.47. The van der Waals surface area contributed by atoms with E-state index in [2.05, 4.69) is 27.3 Å². The second-order valence-electron chi connectivity index (χ2n) is 8.38.